The van der Waals surface area contributed by atoms with Crippen molar-refractivity contribution >= 4 is 5.91 Å². The van der Waals surface area contributed by atoms with Gasteiger partial charge in [-0.25, -0.2) is 0 Å². The van der Waals surface area contributed by atoms with Gasteiger partial charge in [-0.05, 0) is 25.8 Å². The quantitative estimate of drug-likeness (QED) is 0.850. The van der Waals surface area contributed by atoms with E-state index in [-0.39, 0.29) is 11.9 Å². The van der Waals surface area contributed by atoms with Gasteiger partial charge in [0.15, 0.2) is 0 Å². The molecule has 0 spiro atoms. The Labute approximate surface area is 117 Å². The lowest BCUT2D eigenvalue weighted by molar-refractivity contribution is -0.145. The van der Waals surface area contributed by atoms with E-state index >= 15 is 0 Å². The Morgan fingerprint density at radius 3 is 2.60 bits per heavy atom. The minimum absolute atomic E-state index is 0.0678. The lowest BCUT2D eigenvalue weighted by atomic mass is 10.1. The number of nitrogens with zero attached hydrogens (tertiary/aromatic N) is 2. The second kappa shape index (κ2) is 6.76. The molecule has 1 unspecified atom stereocenters. The van der Waals surface area contributed by atoms with E-state index < -0.39 is 12.7 Å². The molecule has 1 N–H and O–H groups in total. The highest BCUT2D eigenvalue weighted by Gasteiger charge is 2.32. The van der Waals surface area contributed by atoms with Gasteiger partial charge in [-0.3, -0.25) is 9.69 Å². The lowest BCUT2D eigenvalue weighted by Gasteiger charge is -2.23. The highest BCUT2D eigenvalue weighted by Crippen LogP contribution is 2.18. The van der Waals surface area contributed by atoms with Crippen molar-refractivity contribution in [3.8, 4) is 0 Å². The summed E-state index contributed by atoms with van der Waals surface area (Å²) in [6.07, 6.45) is -0.969. The van der Waals surface area contributed by atoms with Crippen LogP contribution in [0, 0.1) is 0 Å². The fraction of sp³-hybridized carbons (Fsp3) is 0.923. The lowest BCUT2D eigenvalue weighted by Crippen LogP contribution is -2.40. The molecule has 20 heavy (non-hydrogen) atoms. The van der Waals surface area contributed by atoms with Crippen molar-refractivity contribution in [3.05, 3.63) is 0 Å². The fourth-order valence-electron chi connectivity index (χ4n) is 2.90. The van der Waals surface area contributed by atoms with Crippen LogP contribution in [-0.2, 0) is 4.79 Å². The molecule has 116 valence electrons. The van der Waals surface area contributed by atoms with Crippen molar-refractivity contribution in [2.75, 3.05) is 39.3 Å². The number of hydrogen-bond acceptors (Lipinski definition) is 3. The number of nitrogens with one attached hydrogen (secondary N) is 1. The van der Waals surface area contributed by atoms with Crippen LogP contribution in [0.15, 0.2) is 0 Å². The molecule has 0 aromatic heterocycles. The first-order chi connectivity index (χ1) is 9.44. The number of hydrogen-bond donors (Lipinski definition) is 1. The summed E-state index contributed by atoms with van der Waals surface area (Å²) in [5, 5.41) is 3.28. The van der Waals surface area contributed by atoms with Gasteiger partial charge in [0, 0.05) is 38.6 Å². The Balaban J connectivity index is 1.78. The average molecular weight is 293 g/mol. The maximum absolute atomic E-state index is 12.4. The molecule has 0 aromatic rings. The molecule has 1 amide bonds. The van der Waals surface area contributed by atoms with Crippen LogP contribution in [0.3, 0.4) is 0 Å². The Morgan fingerprint density at radius 2 is 1.95 bits per heavy atom. The molecule has 0 bridgehead atoms. The van der Waals surface area contributed by atoms with Crippen LogP contribution in [-0.4, -0.2) is 67.2 Å². The van der Waals surface area contributed by atoms with Crippen molar-refractivity contribution in [2.24, 2.45) is 0 Å². The normalized spacial score (nSPS) is 25.8. The zero-order valence-electron chi connectivity index (χ0n) is 11.6. The molecular formula is C13H22F3N3O. The first-order valence-electron chi connectivity index (χ1n) is 7.24. The van der Waals surface area contributed by atoms with Crippen LogP contribution in [0.4, 0.5) is 13.2 Å². The van der Waals surface area contributed by atoms with Crippen LogP contribution in [0.1, 0.15) is 25.7 Å². The summed E-state index contributed by atoms with van der Waals surface area (Å²) in [5.41, 5.74) is 0. The van der Waals surface area contributed by atoms with Gasteiger partial charge in [-0.1, -0.05) is 0 Å². The van der Waals surface area contributed by atoms with Gasteiger partial charge in [0.25, 0.3) is 0 Å². The molecular weight excluding hydrogens is 271 g/mol. The minimum Gasteiger partial charge on any atom is -0.341 e. The van der Waals surface area contributed by atoms with Crippen molar-refractivity contribution in [1.82, 2.24) is 15.1 Å². The molecule has 7 heteroatoms. The Bertz CT molecular complexity index is 329. The predicted molar refractivity (Wildman–Crippen MR) is 69.3 cm³/mol. The molecule has 2 fully saturated rings. The van der Waals surface area contributed by atoms with Gasteiger partial charge < -0.3 is 10.2 Å². The highest BCUT2D eigenvalue weighted by molar-refractivity contribution is 5.76. The summed E-state index contributed by atoms with van der Waals surface area (Å²) in [6.45, 7) is 1.77. The second-order valence-corrected chi connectivity index (χ2v) is 5.62. The van der Waals surface area contributed by atoms with Gasteiger partial charge in [0.05, 0.1) is 6.54 Å². The largest absolute Gasteiger partial charge is 0.401 e. The van der Waals surface area contributed by atoms with E-state index in [1.165, 1.54) is 4.90 Å². The van der Waals surface area contributed by atoms with E-state index in [2.05, 4.69) is 5.32 Å². The van der Waals surface area contributed by atoms with Crippen molar-refractivity contribution in [3.63, 3.8) is 0 Å². The molecule has 2 saturated heterocycles. The molecule has 0 radical (unpaired) electrons. The van der Waals surface area contributed by atoms with Crippen LogP contribution < -0.4 is 5.32 Å². The fourth-order valence-corrected chi connectivity index (χ4v) is 2.90. The van der Waals surface area contributed by atoms with E-state index in [0.717, 1.165) is 19.4 Å². The van der Waals surface area contributed by atoms with E-state index in [1.807, 2.05) is 0 Å². The first-order valence-corrected chi connectivity index (χ1v) is 7.24. The van der Waals surface area contributed by atoms with Crippen molar-refractivity contribution in [1.29, 1.82) is 0 Å². The van der Waals surface area contributed by atoms with E-state index in [0.29, 0.717) is 39.0 Å². The standard InChI is InChI=1S/C13H22F3N3O/c14-13(15,16)10-18-5-2-6-19(8-7-18)12(20)9-11-3-1-4-17-11/h11,17H,1-10H2. The predicted octanol–water partition coefficient (Wildman–Crippen LogP) is 1.23. The maximum Gasteiger partial charge on any atom is 0.401 e. The third-order valence-electron chi connectivity index (χ3n) is 3.93. The minimum atomic E-state index is -4.16. The first kappa shape index (κ1) is 15.6. The zero-order valence-corrected chi connectivity index (χ0v) is 11.6. The second-order valence-electron chi connectivity index (χ2n) is 5.62. The van der Waals surface area contributed by atoms with Crippen LogP contribution >= 0.6 is 0 Å². The van der Waals surface area contributed by atoms with E-state index in [1.54, 1.807) is 4.90 Å². The Kier molecular flexibility index (Phi) is 5.26. The van der Waals surface area contributed by atoms with Crippen molar-refractivity contribution < 1.29 is 18.0 Å². The number of rotatable bonds is 3. The maximum atomic E-state index is 12.4. The summed E-state index contributed by atoms with van der Waals surface area (Å²) in [7, 11) is 0. The van der Waals surface area contributed by atoms with Gasteiger partial charge in [-0.2, -0.15) is 13.2 Å². The number of halogens is 3. The molecule has 2 rings (SSSR count). The molecule has 0 aliphatic carbocycles. The van der Waals surface area contributed by atoms with Crippen LogP contribution in [0.2, 0.25) is 0 Å². The van der Waals surface area contributed by atoms with Gasteiger partial charge in [0.1, 0.15) is 0 Å². The number of carbonyl (C=O) groups is 1. The molecule has 1 atom stereocenters. The molecule has 0 saturated carbocycles. The molecule has 2 heterocycles. The zero-order chi connectivity index (χ0) is 14.6. The van der Waals surface area contributed by atoms with E-state index in [9.17, 15) is 18.0 Å². The summed E-state index contributed by atoms with van der Waals surface area (Å²) in [4.78, 5) is 15.3. The third kappa shape index (κ3) is 4.94. The molecule has 2 aliphatic rings. The van der Waals surface area contributed by atoms with Crippen LogP contribution in [0.25, 0.3) is 0 Å². The number of alkyl halides is 3. The van der Waals surface area contributed by atoms with Crippen LogP contribution in [0.5, 0.6) is 0 Å². The molecule has 2 aliphatic heterocycles. The smallest absolute Gasteiger partial charge is 0.341 e. The van der Waals surface area contributed by atoms with Crippen molar-refractivity contribution in [2.45, 2.75) is 37.9 Å². The Morgan fingerprint density at radius 1 is 1.15 bits per heavy atom. The number of carbonyl (C=O) groups excluding carboxylic acids is 1. The topological polar surface area (TPSA) is 35.6 Å². The van der Waals surface area contributed by atoms with Gasteiger partial charge in [0.2, 0.25) is 5.91 Å². The molecule has 0 aromatic carbocycles. The summed E-state index contributed by atoms with van der Waals surface area (Å²) in [5.74, 6) is 0.0678. The highest BCUT2D eigenvalue weighted by atomic mass is 19.4. The third-order valence-corrected chi connectivity index (χ3v) is 3.93. The van der Waals surface area contributed by atoms with E-state index in [4.69, 9.17) is 0 Å². The summed E-state index contributed by atoms with van der Waals surface area (Å²) < 4.78 is 37.1. The SMILES string of the molecule is O=C(CC1CCCN1)N1CCCN(CC(F)(F)F)CC1. The van der Waals surface area contributed by atoms with Gasteiger partial charge >= 0.3 is 6.18 Å². The molecule has 4 nitrogen and oxygen atoms in total. The summed E-state index contributed by atoms with van der Waals surface area (Å²) >= 11 is 0. The Hall–Kier alpha value is -0.820. The number of amides is 1. The summed E-state index contributed by atoms with van der Waals surface area (Å²) in [6, 6.07) is 0.247. The average Bonchev–Trinajstić information content (AvgIpc) is 2.73. The van der Waals surface area contributed by atoms with Gasteiger partial charge in [-0.15, -0.1) is 0 Å². The monoisotopic (exact) mass is 293 g/mol.